The molecule has 1 unspecified atom stereocenters. The highest BCUT2D eigenvalue weighted by Crippen LogP contribution is 2.34. The fourth-order valence-electron chi connectivity index (χ4n) is 3.86. The highest BCUT2D eigenvalue weighted by molar-refractivity contribution is 7.92. The minimum atomic E-state index is -3.97. The van der Waals surface area contributed by atoms with Gasteiger partial charge in [0.25, 0.3) is 15.9 Å². The SMILES string of the molecule is COC(=O)C1Cc2ccccc2N1C(=O)c1cccc(S(=O)(=O)N(C)c2cccc(Cl)c2)c1. The van der Waals surface area contributed by atoms with Gasteiger partial charge in [-0.3, -0.25) is 14.0 Å². The number of nitrogens with zero attached hydrogens (tertiary/aromatic N) is 2. The van der Waals surface area contributed by atoms with E-state index in [2.05, 4.69) is 0 Å². The van der Waals surface area contributed by atoms with E-state index in [1.165, 1.54) is 49.4 Å². The van der Waals surface area contributed by atoms with Crippen molar-refractivity contribution in [3.05, 3.63) is 88.9 Å². The summed E-state index contributed by atoms with van der Waals surface area (Å²) in [5, 5.41) is 0.403. The topological polar surface area (TPSA) is 84.0 Å². The fraction of sp³-hybridized carbons (Fsp3) is 0.167. The quantitative estimate of drug-likeness (QED) is 0.513. The van der Waals surface area contributed by atoms with E-state index >= 15 is 0 Å². The van der Waals surface area contributed by atoms with Gasteiger partial charge >= 0.3 is 5.97 Å². The molecule has 4 rings (SSSR count). The number of ether oxygens (including phenoxy) is 1. The molecule has 0 N–H and O–H groups in total. The first-order valence-electron chi connectivity index (χ1n) is 10.1. The van der Waals surface area contributed by atoms with Gasteiger partial charge in [-0.2, -0.15) is 0 Å². The molecule has 0 saturated carbocycles. The standard InChI is InChI=1S/C24H21ClN2O5S/c1-26(19-10-6-9-18(25)15-19)33(30,31)20-11-5-8-17(13-20)23(28)27-21-12-4-3-7-16(21)14-22(27)24(29)32-2/h3-13,15,22H,14H2,1-2H3. The molecular weight excluding hydrogens is 464 g/mol. The van der Waals surface area contributed by atoms with Crippen molar-refractivity contribution in [1.82, 2.24) is 0 Å². The zero-order chi connectivity index (χ0) is 23.8. The number of carbonyl (C=O) groups is 2. The molecule has 0 aromatic heterocycles. The lowest BCUT2D eigenvalue weighted by molar-refractivity contribution is -0.141. The number of methoxy groups -OCH3 is 1. The molecule has 1 heterocycles. The summed E-state index contributed by atoms with van der Waals surface area (Å²) in [6.45, 7) is 0. The van der Waals surface area contributed by atoms with E-state index < -0.39 is 27.9 Å². The predicted octanol–water partition coefficient (Wildman–Crippen LogP) is 3.91. The Labute approximate surface area is 197 Å². The first-order chi connectivity index (χ1) is 15.7. The predicted molar refractivity (Wildman–Crippen MR) is 126 cm³/mol. The first-order valence-corrected chi connectivity index (χ1v) is 11.9. The van der Waals surface area contributed by atoms with Gasteiger partial charge in [0.1, 0.15) is 6.04 Å². The second-order valence-corrected chi connectivity index (χ2v) is 9.93. The molecule has 0 aliphatic carbocycles. The molecule has 3 aromatic carbocycles. The van der Waals surface area contributed by atoms with E-state index in [9.17, 15) is 18.0 Å². The number of fused-ring (bicyclic) bond motifs is 1. The molecule has 0 bridgehead atoms. The van der Waals surface area contributed by atoms with Crippen LogP contribution in [-0.4, -0.2) is 40.5 Å². The van der Waals surface area contributed by atoms with E-state index in [1.54, 1.807) is 30.3 Å². The van der Waals surface area contributed by atoms with Crippen molar-refractivity contribution in [3.63, 3.8) is 0 Å². The van der Waals surface area contributed by atoms with Crippen LogP contribution in [0, 0.1) is 0 Å². The molecule has 0 fully saturated rings. The number of hydrogen-bond donors (Lipinski definition) is 0. The maximum atomic E-state index is 13.5. The van der Waals surface area contributed by atoms with Crippen LogP contribution in [0.3, 0.4) is 0 Å². The number of carbonyl (C=O) groups excluding carboxylic acids is 2. The van der Waals surface area contributed by atoms with Crippen molar-refractivity contribution >= 4 is 44.9 Å². The largest absolute Gasteiger partial charge is 0.467 e. The highest BCUT2D eigenvalue weighted by atomic mass is 35.5. The normalized spacial score (nSPS) is 15.1. The van der Waals surface area contributed by atoms with Gasteiger partial charge in [0.2, 0.25) is 0 Å². The molecule has 1 aliphatic heterocycles. The third kappa shape index (κ3) is 4.19. The summed E-state index contributed by atoms with van der Waals surface area (Å²) in [7, 11) is -1.28. The van der Waals surface area contributed by atoms with Crippen LogP contribution in [0.25, 0.3) is 0 Å². The highest BCUT2D eigenvalue weighted by Gasteiger charge is 2.39. The Morgan fingerprint density at radius 3 is 2.48 bits per heavy atom. The van der Waals surface area contributed by atoms with Gasteiger partial charge in [-0.1, -0.05) is 41.9 Å². The van der Waals surface area contributed by atoms with Gasteiger partial charge in [0.15, 0.2) is 0 Å². The van der Waals surface area contributed by atoms with Gasteiger partial charge in [-0.25, -0.2) is 13.2 Å². The smallest absolute Gasteiger partial charge is 0.329 e. The van der Waals surface area contributed by atoms with Gasteiger partial charge < -0.3 is 4.74 Å². The maximum absolute atomic E-state index is 13.5. The third-order valence-corrected chi connectivity index (χ3v) is 7.60. The first kappa shape index (κ1) is 22.8. The van der Waals surface area contributed by atoms with Crippen LogP contribution < -0.4 is 9.21 Å². The molecule has 1 atom stereocenters. The molecule has 3 aromatic rings. The van der Waals surface area contributed by atoms with E-state index in [-0.39, 0.29) is 10.5 Å². The van der Waals surface area contributed by atoms with Crippen LogP contribution in [0.1, 0.15) is 15.9 Å². The van der Waals surface area contributed by atoms with Crippen molar-refractivity contribution in [2.45, 2.75) is 17.4 Å². The third-order valence-electron chi connectivity index (χ3n) is 5.58. The summed E-state index contributed by atoms with van der Waals surface area (Å²) in [4.78, 5) is 27.2. The van der Waals surface area contributed by atoms with Crippen LogP contribution in [0.4, 0.5) is 11.4 Å². The second kappa shape index (κ2) is 8.88. The minimum absolute atomic E-state index is 0.0575. The molecule has 0 spiro atoms. The molecule has 9 heteroatoms. The monoisotopic (exact) mass is 484 g/mol. The number of esters is 1. The lowest BCUT2D eigenvalue weighted by Crippen LogP contribution is -2.43. The Bertz CT molecular complexity index is 1340. The maximum Gasteiger partial charge on any atom is 0.329 e. The van der Waals surface area contributed by atoms with Crippen LogP contribution in [0.15, 0.2) is 77.7 Å². The summed E-state index contributed by atoms with van der Waals surface area (Å²) in [5.74, 6) is -1.03. The van der Waals surface area contributed by atoms with Crippen molar-refractivity contribution in [3.8, 4) is 0 Å². The number of rotatable bonds is 5. The zero-order valence-corrected chi connectivity index (χ0v) is 19.5. The average molecular weight is 485 g/mol. The van der Waals surface area contributed by atoms with Crippen molar-refractivity contribution < 1.29 is 22.7 Å². The summed E-state index contributed by atoms with van der Waals surface area (Å²) >= 11 is 6.01. The fourth-order valence-corrected chi connectivity index (χ4v) is 5.28. The number of amides is 1. The van der Waals surface area contributed by atoms with Gasteiger partial charge in [0.05, 0.1) is 17.7 Å². The number of hydrogen-bond acceptors (Lipinski definition) is 5. The summed E-state index contributed by atoms with van der Waals surface area (Å²) in [6.07, 6.45) is 0.323. The number of benzene rings is 3. The second-order valence-electron chi connectivity index (χ2n) is 7.53. The molecule has 1 aliphatic rings. The van der Waals surface area contributed by atoms with Gasteiger partial charge in [-0.15, -0.1) is 0 Å². The Hall–Kier alpha value is -3.36. The van der Waals surface area contributed by atoms with E-state index in [0.717, 1.165) is 9.87 Å². The molecule has 0 saturated heterocycles. The van der Waals surface area contributed by atoms with Crippen LogP contribution >= 0.6 is 11.6 Å². The number of anilines is 2. The number of halogens is 1. The summed E-state index contributed by atoms with van der Waals surface area (Å²) < 4.78 is 32.5. The van der Waals surface area contributed by atoms with Crippen LogP contribution in [0.2, 0.25) is 5.02 Å². The Morgan fingerprint density at radius 1 is 1.03 bits per heavy atom. The van der Waals surface area contributed by atoms with Crippen molar-refractivity contribution in [2.24, 2.45) is 0 Å². The zero-order valence-electron chi connectivity index (χ0n) is 17.9. The Balaban J connectivity index is 1.71. The Kier molecular flexibility index (Phi) is 6.14. The summed E-state index contributed by atoms with van der Waals surface area (Å²) in [6, 6.07) is 18.6. The van der Waals surface area contributed by atoms with Crippen LogP contribution in [0.5, 0.6) is 0 Å². The Morgan fingerprint density at radius 2 is 1.76 bits per heavy atom. The number of sulfonamides is 1. The molecule has 33 heavy (non-hydrogen) atoms. The minimum Gasteiger partial charge on any atom is -0.467 e. The van der Waals surface area contributed by atoms with Gasteiger partial charge in [0, 0.05) is 29.7 Å². The molecule has 0 radical (unpaired) electrons. The molecule has 1 amide bonds. The number of para-hydroxylation sites is 1. The lowest BCUT2D eigenvalue weighted by Gasteiger charge is -2.24. The van der Waals surface area contributed by atoms with Crippen molar-refractivity contribution in [2.75, 3.05) is 23.4 Å². The lowest BCUT2D eigenvalue weighted by atomic mass is 10.1. The molecule has 170 valence electrons. The van der Waals surface area contributed by atoms with Crippen molar-refractivity contribution in [1.29, 1.82) is 0 Å². The van der Waals surface area contributed by atoms with E-state index in [0.29, 0.717) is 22.8 Å². The van der Waals surface area contributed by atoms with Gasteiger partial charge in [-0.05, 0) is 48.0 Å². The van der Waals surface area contributed by atoms with Crippen LogP contribution in [-0.2, 0) is 26.0 Å². The van der Waals surface area contributed by atoms with E-state index in [4.69, 9.17) is 16.3 Å². The molecule has 7 nitrogen and oxygen atoms in total. The molecular formula is C24H21ClN2O5S. The van der Waals surface area contributed by atoms with E-state index in [1.807, 2.05) is 12.1 Å². The summed E-state index contributed by atoms with van der Waals surface area (Å²) in [5.41, 5.74) is 1.97. The average Bonchev–Trinajstić information content (AvgIpc) is 3.22.